The number of nitrogens with one attached hydrogen (secondary N) is 3. The second kappa shape index (κ2) is 9.30. The van der Waals surface area contributed by atoms with Crippen molar-refractivity contribution in [2.75, 3.05) is 13.2 Å². The standard InChI is InChI=1S/C16H22N4O5S/c1-10-5-6-14(13(8-10)20(22)23)25-11(2)15(21)18-19-16(26)17-9-12-4-3-7-24-12/h5-6,8,11-12H,3-4,7,9H2,1-2H3,(H,18,21)(H2,17,19,26)/t11-,12+/m0/s1. The molecule has 142 valence electrons. The minimum Gasteiger partial charge on any atom is -0.474 e. The van der Waals surface area contributed by atoms with E-state index in [2.05, 4.69) is 16.2 Å². The number of hydrogen-bond acceptors (Lipinski definition) is 6. The number of hydrogen-bond donors (Lipinski definition) is 3. The number of thiocarbonyl (C=S) groups is 1. The zero-order valence-electron chi connectivity index (χ0n) is 14.6. The summed E-state index contributed by atoms with van der Waals surface area (Å²) in [6, 6.07) is 4.54. The molecule has 2 atom stereocenters. The van der Waals surface area contributed by atoms with Crippen LogP contribution in [0.5, 0.6) is 5.75 Å². The van der Waals surface area contributed by atoms with Gasteiger partial charge in [-0.15, -0.1) is 0 Å². The zero-order chi connectivity index (χ0) is 19.1. The van der Waals surface area contributed by atoms with Crippen LogP contribution in [0.1, 0.15) is 25.3 Å². The Bertz CT molecular complexity index is 679. The molecule has 1 aliphatic heterocycles. The number of aryl methyl sites for hydroxylation is 1. The van der Waals surface area contributed by atoms with E-state index in [4.69, 9.17) is 21.7 Å². The van der Waals surface area contributed by atoms with Gasteiger partial charge in [0, 0.05) is 19.2 Å². The molecule has 9 nitrogen and oxygen atoms in total. The first kappa shape index (κ1) is 19.9. The molecule has 1 aromatic rings. The Hall–Kier alpha value is -2.46. The molecule has 1 aromatic carbocycles. The lowest BCUT2D eigenvalue weighted by atomic mass is 10.2. The summed E-state index contributed by atoms with van der Waals surface area (Å²) in [7, 11) is 0. The fraction of sp³-hybridized carbons (Fsp3) is 0.500. The van der Waals surface area contributed by atoms with Crippen molar-refractivity contribution in [1.82, 2.24) is 16.2 Å². The van der Waals surface area contributed by atoms with E-state index >= 15 is 0 Å². The van der Waals surface area contributed by atoms with Gasteiger partial charge in [-0.05, 0) is 50.5 Å². The highest BCUT2D eigenvalue weighted by Gasteiger charge is 2.21. The Balaban J connectivity index is 1.80. The Morgan fingerprint density at radius 2 is 2.27 bits per heavy atom. The van der Waals surface area contributed by atoms with Gasteiger partial charge < -0.3 is 14.8 Å². The highest BCUT2D eigenvalue weighted by atomic mass is 32.1. The van der Waals surface area contributed by atoms with Crippen LogP contribution in [0.3, 0.4) is 0 Å². The normalized spacial score (nSPS) is 17.2. The highest BCUT2D eigenvalue weighted by Crippen LogP contribution is 2.28. The number of nitro groups is 1. The van der Waals surface area contributed by atoms with Crippen LogP contribution in [-0.2, 0) is 9.53 Å². The van der Waals surface area contributed by atoms with Crippen LogP contribution in [0.4, 0.5) is 5.69 Å². The quantitative estimate of drug-likeness (QED) is 0.384. The average Bonchev–Trinajstić information content (AvgIpc) is 3.12. The third-order valence-electron chi connectivity index (χ3n) is 3.80. The average molecular weight is 382 g/mol. The monoisotopic (exact) mass is 382 g/mol. The van der Waals surface area contributed by atoms with E-state index in [1.54, 1.807) is 13.0 Å². The second-order valence-corrected chi connectivity index (χ2v) is 6.36. The van der Waals surface area contributed by atoms with Gasteiger partial charge in [0.25, 0.3) is 5.91 Å². The van der Waals surface area contributed by atoms with Crippen LogP contribution in [0.15, 0.2) is 18.2 Å². The van der Waals surface area contributed by atoms with Crippen LogP contribution < -0.4 is 20.9 Å². The van der Waals surface area contributed by atoms with Crippen LogP contribution in [0.25, 0.3) is 0 Å². The van der Waals surface area contributed by atoms with Gasteiger partial charge in [0.1, 0.15) is 0 Å². The van der Waals surface area contributed by atoms with Gasteiger partial charge in [0.15, 0.2) is 17.0 Å². The first-order chi connectivity index (χ1) is 12.4. The predicted molar refractivity (Wildman–Crippen MR) is 98.8 cm³/mol. The Labute approximate surface area is 156 Å². The number of amides is 1. The van der Waals surface area contributed by atoms with E-state index in [9.17, 15) is 14.9 Å². The molecule has 10 heteroatoms. The van der Waals surface area contributed by atoms with E-state index in [0.717, 1.165) is 25.0 Å². The molecule has 0 aromatic heterocycles. The maximum absolute atomic E-state index is 12.1. The van der Waals surface area contributed by atoms with E-state index in [0.29, 0.717) is 6.54 Å². The number of ether oxygens (including phenoxy) is 2. The second-order valence-electron chi connectivity index (χ2n) is 5.95. The Morgan fingerprint density at radius 3 is 2.92 bits per heavy atom. The van der Waals surface area contributed by atoms with Crippen molar-refractivity contribution in [3.8, 4) is 5.75 Å². The van der Waals surface area contributed by atoms with Gasteiger partial charge in [0.2, 0.25) is 0 Å². The molecule has 2 rings (SSSR count). The van der Waals surface area contributed by atoms with E-state index < -0.39 is 16.9 Å². The number of carbonyl (C=O) groups excluding carboxylic acids is 1. The minimum absolute atomic E-state index is 0.0299. The highest BCUT2D eigenvalue weighted by molar-refractivity contribution is 7.80. The van der Waals surface area contributed by atoms with Crippen LogP contribution >= 0.6 is 12.2 Å². The summed E-state index contributed by atoms with van der Waals surface area (Å²) >= 11 is 5.07. The van der Waals surface area contributed by atoms with Crippen molar-refractivity contribution < 1.29 is 19.2 Å². The van der Waals surface area contributed by atoms with E-state index in [1.807, 2.05) is 0 Å². The summed E-state index contributed by atoms with van der Waals surface area (Å²) in [6.07, 6.45) is 1.17. The molecule has 0 bridgehead atoms. The number of nitro benzene ring substituents is 1. The summed E-state index contributed by atoms with van der Waals surface area (Å²) in [5, 5.41) is 14.3. The van der Waals surface area contributed by atoms with Crippen LogP contribution in [0, 0.1) is 17.0 Å². The lowest BCUT2D eigenvalue weighted by Crippen LogP contribution is -2.51. The van der Waals surface area contributed by atoms with Gasteiger partial charge in [-0.1, -0.05) is 6.07 Å². The molecule has 0 saturated carbocycles. The maximum atomic E-state index is 12.1. The first-order valence-electron chi connectivity index (χ1n) is 8.24. The molecule has 1 fully saturated rings. The number of nitrogens with zero attached hydrogens (tertiary/aromatic N) is 1. The molecule has 0 unspecified atom stereocenters. The van der Waals surface area contributed by atoms with Gasteiger partial charge in [-0.25, -0.2) is 0 Å². The largest absolute Gasteiger partial charge is 0.474 e. The smallest absolute Gasteiger partial charge is 0.311 e. The molecule has 0 aliphatic carbocycles. The molecular weight excluding hydrogens is 360 g/mol. The summed E-state index contributed by atoms with van der Waals surface area (Å²) in [6.45, 7) is 4.54. The maximum Gasteiger partial charge on any atom is 0.311 e. The molecular formula is C16H22N4O5S. The molecule has 0 spiro atoms. The van der Waals surface area contributed by atoms with Gasteiger partial charge in [-0.3, -0.25) is 25.8 Å². The zero-order valence-corrected chi connectivity index (χ0v) is 15.4. The number of rotatable bonds is 6. The van der Waals surface area contributed by atoms with Crippen LogP contribution in [0.2, 0.25) is 0 Å². The SMILES string of the molecule is Cc1ccc(O[C@@H](C)C(=O)NNC(=S)NC[C@H]2CCCO2)c([N+](=O)[O-])c1. The lowest BCUT2D eigenvalue weighted by Gasteiger charge is -2.17. The van der Waals surface area contributed by atoms with Gasteiger partial charge in [-0.2, -0.15) is 0 Å². The number of carbonyl (C=O) groups is 1. The molecule has 1 saturated heterocycles. The molecule has 3 N–H and O–H groups in total. The van der Waals surface area contributed by atoms with Gasteiger partial charge in [0.05, 0.1) is 11.0 Å². The van der Waals surface area contributed by atoms with Crippen molar-refractivity contribution in [1.29, 1.82) is 0 Å². The lowest BCUT2D eigenvalue weighted by molar-refractivity contribution is -0.386. The van der Waals surface area contributed by atoms with Crippen LogP contribution in [-0.4, -0.2) is 41.3 Å². The molecule has 1 amide bonds. The van der Waals surface area contributed by atoms with Crippen molar-refractivity contribution in [3.05, 3.63) is 33.9 Å². The van der Waals surface area contributed by atoms with Crippen molar-refractivity contribution >= 4 is 28.9 Å². The Kier molecular flexibility index (Phi) is 7.10. The summed E-state index contributed by atoms with van der Waals surface area (Å²) in [5.74, 6) is -0.483. The first-order valence-corrected chi connectivity index (χ1v) is 8.64. The summed E-state index contributed by atoms with van der Waals surface area (Å²) in [5.41, 5.74) is 5.52. The van der Waals surface area contributed by atoms with Crippen molar-refractivity contribution in [2.24, 2.45) is 0 Å². The Morgan fingerprint density at radius 1 is 1.50 bits per heavy atom. The fourth-order valence-electron chi connectivity index (χ4n) is 2.39. The molecule has 1 aliphatic rings. The molecule has 26 heavy (non-hydrogen) atoms. The van der Waals surface area contributed by atoms with Crippen molar-refractivity contribution in [2.45, 2.75) is 38.9 Å². The topological polar surface area (TPSA) is 115 Å². The third kappa shape index (κ3) is 5.81. The molecule has 0 radical (unpaired) electrons. The van der Waals surface area contributed by atoms with E-state index in [1.165, 1.54) is 19.1 Å². The van der Waals surface area contributed by atoms with Crippen molar-refractivity contribution in [3.63, 3.8) is 0 Å². The summed E-state index contributed by atoms with van der Waals surface area (Å²) < 4.78 is 10.9. The molecule has 1 heterocycles. The van der Waals surface area contributed by atoms with Gasteiger partial charge >= 0.3 is 5.69 Å². The van der Waals surface area contributed by atoms with E-state index in [-0.39, 0.29) is 22.7 Å². The summed E-state index contributed by atoms with van der Waals surface area (Å²) in [4.78, 5) is 22.6. The number of hydrazine groups is 1. The fourth-order valence-corrected chi connectivity index (χ4v) is 2.52. The third-order valence-corrected chi connectivity index (χ3v) is 4.04. The number of benzene rings is 1. The minimum atomic E-state index is -0.954. The predicted octanol–water partition coefficient (Wildman–Crippen LogP) is 1.34.